The molecule has 0 radical (unpaired) electrons. The van der Waals surface area contributed by atoms with Crippen molar-refractivity contribution in [1.82, 2.24) is 15.0 Å². The minimum absolute atomic E-state index is 0.263. The summed E-state index contributed by atoms with van der Waals surface area (Å²) in [5, 5.41) is 2.92. The second-order valence-electron chi connectivity index (χ2n) is 5.72. The van der Waals surface area contributed by atoms with E-state index in [0.29, 0.717) is 5.82 Å². The number of pyridine rings is 1. The molecule has 4 nitrogen and oxygen atoms in total. The van der Waals surface area contributed by atoms with Crippen LogP contribution in [0.2, 0.25) is 0 Å². The first-order valence-electron chi connectivity index (χ1n) is 7.81. The zero-order chi connectivity index (χ0) is 17.4. The lowest BCUT2D eigenvalue weighted by molar-refractivity contribution is 0.628. The molecule has 0 fully saturated rings. The summed E-state index contributed by atoms with van der Waals surface area (Å²) in [7, 11) is 0. The summed E-state index contributed by atoms with van der Waals surface area (Å²) < 4.78 is 13.3. The molecule has 2 N–H and O–H groups in total. The lowest BCUT2D eigenvalue weighted by Crippen LogP contribution is -2.16. The molecule has 25 heavy (non-hydrogen) atoms. The fourth-order valence-electron chi connectivity index (χ4n) is 2.85. The highest BCUT2D eigenvalue weighted by Crippen LogP contribution is 2.37. The molecule has 0 saturated carbocycles. The molecular formula is C19H15FN4S. The van der Waals surface area contributed by atoms with Crippen molar-refractivity contribution in [2.75, 3.05) is 0 Å². The van der Waals surface area contributed by atoms with Crippen molar-refractivity contribution in [3.05, 3.63) is 77.1 Å². The first-order chi connectivity index (χ1) is 12.1. The average molecular weight is 350 g/mol. The van der Waals surface area contributed by atoms with Crippen LogP contribution >= 0.6 is 11.3 Å². The van der Waals surface area contributed by atoms with Gasteiger partial charge in [0, 0.05) is 22.5 Å². The van der Waals surface area contributed by atoms with Crippen LogP contribution in [0.1, 0.15) is 23.3 Å². The average Bonchev–Trinajstić information content (AvgIpc) is 3.05. The Kier molecular flexibility index (Phi) is 3.99. The van der Waals surface area contributed by atoms with E-state index in [0.717, 1.165) is 32.7 Å². The maximum Gasteiger partial charge on any atom is 0.127 e. The molecule has 0 aliphatic carbocycles. The molecule has 0 amide bonds. The van der Waals surface area contributed by atoms with Crippen molar-refractivity contribution in [3.63, 3.8) is 0 Å². The van der Waals surface area contributed by atoms with E-state index in [2.05, 4.69) is 15.0 Å². The first-order valence-corrected chi connectivity index (χ1v) is 8.69. The number of hydrogen-bond acceptors (Lipinski definition) is 5. The third kappa shape index (κ3) is 2.90. The topological polar surface area (TPSA) is 64.7 Å². The van der Waals surface area contributed by atoms with Gasteiger partial charge in [-0.2, -0.15) is 0 Å². The molecule has 4 aromatic rings. The molecular weight excluding hydrogens is 335 g/mol. The van der Waals surface area contributed by atoms with Gasteiger partial charge in [-0.1, -0.05) is 18.2 Å². The summed E-state index contributed by atoms with van der Waals surface area (Å²) in [4.78, 5) is 14.4. The van der Waals surface area contributed by atoms with Crippen molar-refractivity contribution >= 4 is 21.6 Å². The van der Waals surface area contributed by atoms with Crippen molar-refractivity contribution in [3.8, 4) is 11.1 Å². The molecule has 4 rings (SSSR count). The van der Waals surface area contributed by atoms with Gasteiger partial charge < -0.3 is 5.73 Å². The fraction of sp³-hybridized carbons (Fsp3) is 0.105. The second-order valence-corrected chi connectivity index (χ2v) is 6.58. The maximum absolute atomic E-state index is 13.3. The Morgan fingerprint density at radius 3 is 2.60 bits per heavy atom. The zero-order valence-electron chi connectivity index (χ0n) is 13.5. The lowest BCUT2D eigenvalue weighted by atomic mass is 10.0. The number of rotatable bonds is 3. The van der Waals surface area contributed by atoms with E-state index in [1.807, 2.05) is 30.5 Å². The van der Waals surface area contributed by atoms with Crippen LogP contribution in [0.5, 0.6) is 0 Å². The van der Waals surface area contributed by atoms with Crippen LogP contribution in [0.25, 0.3) is 21.3 Å². The van der Waals surface area contributed by atoms with Crippen molar-refractivity contribution < 1.29 is 4.39 Å². The van der Waals surface area contributed by atoms with Gasteiger partial charge in [-0.15, -0.1) is 11.3 Å². The Hall–Kier alpha value is -2.70. The van der Waals surface area contributed by atoms with Crippen LogP contribution in [0, 0.1) is 12.7 Å². The SMILES string of the molecule is Cc1nc(C(N)c2ccccn2)c2c(-c3ccc(F)cc3)csc2n1. The normalized spacial score (nSPS) is 12.4. The van der Waals surface area contributed by atoms with E-state index in [1.165, 1.54) is 23.5 Å². The quantitative estimate of drug-likeness (QED) is 0.600. The second kappa shape index (κ2) is 6.31. The number of benzene rings is 1. The van der Waals surface area contributed by atoms with Gasteiger partial charge in [-0.05, 0) is 36.8 Å². The molecule has 124 valence electrons. The van der Waals surface area contributed by atoms with E-state index < -0.39 is 6.04 Å². The summed E-state index contributed by atoms with van der Waals surface area (Å²) in [5.41, 5.74) is 9.83. The molecule has 0 saturated heterocycles. The summed E-state index contributed by atoms with van der Waals surface area (Å²) in [6.07, 6.45) is 1.72. The third-order valence-electron chi connectivity index (χ3n) is 4.03. The van der Waals surface area contributed by atoms with Gasteiger partial charge in [-0.25, -0.2) is 14.4 Å². The monoisotopic (exact) mass is 350 g/mol. The Bertz CT molecular complexity index is 1030. The highest BCUT2D eigenvalue weighted by Gasteiger charge is 2.20. The van der Waals surface area contributed by atoms with E-state index in [9.17, 15) is 4.39 Å². The molecule has 6 heteroatoms. The lowest BCUT2D eigenvalue weighted by Gasteiger charge is -2.13. The summed E-state index contributed by atoms with van der Waals surface area (Å²) in [5.74, 6) is 0.405. The van der Waals surface area contributed by atoms with Crippen molar-refractivity contribution in [1.29, 1.82) is 0 Å². The Morgan fingerprint density at radius 2 is 1.88 bits per heavy atom. The largest absolute Gasteiger partial charge is 0.318 e. The van der Waals surface area contributed by atoms with Gasteiger partial charge in [0.1, 0.15) is 16.5 Å². The van der Waals surface area contributed by atoms with Gasteiger partial charge in [-0.3, -0.25) is 4.98 Å². The number of hydrogen-bond donors (Lipinski definition) is 1. The number of thiophene rings is 1. The highest BCUT2D eigenvalue weighted by molar-refractivity contribution is 7.17. The Balaban J connectivity index is 1.94. The van der Waals surface area contributed by atoms with E-state index in [-0.39, 0.29) is 5.82 Å². The molecule has 3 aromatic heterocycles. The molecule has 3 heterocycles. The predicted molar refractivity (Wildman–Crippen MR) is 97.8 cm³/mol. The number of nitrogens with zero attached hydrogens (tertiary/aromatic N) is 3. The van der Waals surface area contributed by atoms with Gasteiger partial charge >= 0.3 is 0 Å². The number of aryl methyl sites for hydroxylation is 1. The van der Waals surface area contributed by atoms with Crippen LogP contribution < -0.4 is 5.73 Å². The Morgan fingerprint density at radius 1 is 1.08 bits per heavy atom. The molecule has 1 unspecified atom stereocenters. The molecule has 0 aliphatic rings. The molecule has 1 aromatic carbocycles. The van der Waals surface area contributed by atoms with Crippen LogP contribution in [-0.4, -0.2) is 15.0 Å². The van der Waals surface area contributed by atoms with Crippen LogP contribution in [0.15, 0.2) is 54.0 Å². The van der Waals surface area contributed by atoms with E-state index in [4.69, 9.17) is 5.73 Å². The molecule has 0 bridgehead atoms. The number of halogens is 1. The fourth-order valence-corrected chi connectivity index (χ4v) is 3.85. The standard InChI is InChI=1S/C19H15FN4S/c1-11-23-18(17(21)15-4-2-3-9-22-15)16-14(10-25-19(16)24-11)12-5-7-13(20)8-6-12/h2-10,17H,21H2,1H3. The van der Waals surface area contributed by atoms with E-state index >= 15 is 0 Å². The van der Waals surface area contributed by atoms with Gasteiger partial charge in [0.2, 0.25) is 0 Å². The van der Waals surface area contributed by atoms with Crippen LogP contribution in [0.4, 0.5) is 4.39 Å². The summed E-state index contributed by atoms with van der Waals surface area (Å²) in [6.45, 7) is 1.85. The smallest absolute Gasteiger partial charge is 0.127 e. The predicted octanol–water partition coefficient (Wildman–Crippen LogP) is 4.25. The van der Waals surface area contributed by atoms with Crippen LogP contribution in [0.3, 0.4) is 0 Å². The summed E-state index contributed by atoms with van der Waals surface area (Å²) in [6, 6.07) is 11.6. The molecule has 0 spiro atoms. The van der Waals surface area contributed by atoms with Gasteiger partial charge in [0.05, 0.1) is 17.4 Å². The van der Waals surface area contributed by atoms with Gasteiger partial charge in [0.15, 0.2) is 0 Å². The molecule has 0 aliphatic heterocycles. The maximum atomic E-state index is 13.3. The van der Waals surface area contributed by atoms with Crippen molar-refractivity contribution in [2.24, 2.45) is 5.73 Å². The minimum atomic E-state index is -0.459. The van der Waals surface area contributed by atoms with Crippen LogP contribution in [-0.2, 0) is 0 Å². The zero-order valence-corrected chi connectivity index (χ0v) is 14.3. The molecule has 1 atom stereocenters. The van der Waals surface area contributed by atoms with Crippen molar-refractivity contribution in [2.45, 2.75) is 13.0 Å². The number of aromatic nitrogens is 3. The van der Waals surface area contributed by atoms with Gasteiger partial charge in [0.25, 0.3) is 0 Å². The number of fused-ring (bicyclic) bond motifs is 1. The summed E-state index contributed by atoms with van der Waals surface area (Å²) >= 11 is 1.53. The number of nitrogens with two attached hydrogens (primary N) is 1. The third-order valence-corrected chi connectivity index (χ3v) is 4.90. The first kappa shape index (κ1) is 15.8. The highest BCUT2D eigenvalue weighted by atomic mass is 32.1. The minimum Gasteiger partial charge on any atom is -0.318 e. The Labute approximate surface area is 148 Å². The van der Waals surface area contributed by atoms with E-state index in [1.54, 1.807) is 18.3 Å².